The predicted octanol–water partition coefficient (Wildman–Crippen LogP) is 7.43. The molecule has 174 valence electrons. The van der Waals surface area contributed by atoms with Crippen molar-refractivity contribution in [2.75, 3.05) is 0 Å². The number of rotatable bonds is 8. The van der Waals surface area contributed by atoms with Crippen molar-refractivity contribution in [3.63, 3.8) is 0 Å². The summed E-state index contributed by atoms with van der Waals surface area (Å²) in [4.78, 5) is 0. The minimum Gasteiger partial charge on any atom is -0.192 e. The van der Waals surface area contributed by atoms with Gasteiger partial charge in [0.25, 0.3) is 0 Å². The number of hydrogen-bond donors (Lipinski definition) is 0. The van der Waals surface area contributed by atoms with E-state index in [4.69, 9.17) is 0 Å². The molecular formula is C31H35N3. The van der Waals surface area contributed by atoms with Gasteiger partial charge < -0.3 is 0 Å². The third-order valence-corrected chi connectivity index (χ3v) is 8.77. The fourth-order valence-electron chi connectivity index (χ4n) is 6.76. The Labute approximate surface area is 205 Å². The van der Waals surface area contributed by atoms with Gasteiger partial charge in [-0.1, -0.05) is 51.0 Å². The maximum absolute atomic E-state index is 10.1. The van der Waals surface area contributed by atoms with Crippen LogP contribution in [0.1, 0.15) is 111 Å². The van der Waals surface area contributed by atoms with E-state index >= 15 is 0 Å². The lowest BCUT2D eigenvalue weighted by Crippen LogP contribution is -2.44. The van der Waals surface area contributed by atoms with Crippen molar-refractivity contribution in [2.45, 2.75) is 96.3 Å². The van der Waals surface area contributed by atoms with Gasteiger partial charge in [0.1, 0.15) is 12.1 Å². The topological polar surface area (TPSA) is 71.4 Å². The first-order valence-electron chi connectivity index (χ1n) is 13.0. The standard InChI is InChI=1S/C31H35N3/c1-3-5-24-8-6-23(19-26(24)20-32)7-9-25-10-11-29(28(22-34)27(25)21-33)31-16-13-30(12-4-2,14-17-31)15-18-31/h6,8,10-11,19H,3-5,7,9,12-18H2,1-2H3. The Balaban J connectivity index is 1.58. The highest BCUT2D eigenvalue weighted by Crippen LogP contribution is 2.60. The van der Waals surface area contributed by atoms with E-state index in [1.54, 1.807) is 0 Å². The molecule has 3 aliphatic carbocycles. The smallest absolute Gasteiger partial charge is 0.101 e. The number of benzene rings is 2. The number of hydrogen-bond acceptors (Lipinski definition) is 3. The highest BCUT2D eigenvalue weighted by atomic mass is 14.5. The molecule has 3 fully saturated rings. The number of nitrogens with zero attached hydrogens (tertiary/aromatic N) is 3. The van der Waals surface area contributed by atoms with Crippen molar-refractivity contribution in [3.8, 4) is 18.2 Å². The van der Waals surface area contributed by atoms with Crippen molar-refractivity contribution in [1.29, 1.82) is 15.8 Å². The molecule has 2 aromatic carbocycles. The summed E-state index contributed by atoms with van der Waals surface area (Å²) in [6.07, 6.45) is 13.2. The molecule has 34 heavy (non-hydrogen) atoms. The lowest BCUT2D eigenvalue weighted by atomic mass is 9.50. The summed E-state index contributed by atoms with van der Waals surface area (Å²) in [6, 6.07) is 17.6. The van der Waals surface area contributed by atoms with Crippen LogP contribution in [0.5, 0.6) is 0 Å². The minimum absolute atomic E-state index is 0.0709. The number of aryl methyl sites for hydroxylation is 3. The summed E-state index contributed by atoms with van der Waals surface area (Å²) in [7, 11) is 0. The molecule has 0 saturated heterocycles. The van der Waals surface area contributed by atoms with Crippen LogP contribution in [0.2, 0.25) is 0 Å². The third kappa shape index (κ3) is 4.36. The average molecular weight is 450 g/mol. The van der Waals surface area contributed by atoms with Gasteiger partial charge in [0, 0.05) is 0 Å². The van der Waals surface area contributed by atoms with Crippen LogP contribution in [0, 0.1) is 39.4 Å². The summed E-state index contributed by atoms with van der Waals surface area (Å²) < 4.78 is 0. The quantitative estimate of drug-likeness (QED) is 0.420. The molecular weight excluding hydrogens is 414 g/mol. The van der Waals surface area contributed by atoms with Gasteiger partial charge in [0.05, 0.1) is 22.8 Å². The Kier molecular flexibility index (Phi) is 7.10. The SMILES string of the molecule is CCCc1ccc(CCc2ccc(C34CCC(CCC)(CC3)CC4)c(C#N)c2C#N)cc1C#N. The molecule has 5 rings (SSSR count). The van der Waals surface area contributed by atoms with E-state index in [1.807, 2.05) is 6.07 Å². The summed E-state index contributed by atoms with van der Waals surface area (Å²) in [5.74, 6) is 0. The summed E-state index contributed by atoms with van der Waals surface area (Å²) in [6.45, 7) is 4.41. The van der Waals surface area contributed by atoms with Crippen molar-refractivity contribution in [2.24, 2.45) is 5.41 Å². The highest BCUT2D eigenvalue weighted by molar-refractivity contribution is 5.57. The van der Waals surface area contributed by atoms with Crippen LogP contribution in [0.3, 0.4) is 0 Å². The zero-order valence-electron chi connectivity index (χ0n) is 20.7. The number of fused-ring (bicyclic) bond motifs is 3. The van der Waals surface area contributed by atoms with Crippen LogP contribution in [0.25, 0.3) is 0 Å². The van der Waals surface area contributed by atoms with Crippen molar-refractivity contribution < 1.29 is 0 Å². The molecule has 0 spiro atoms. The third-order valence-electron chi connectivity index (χ3n) is 8.77. The Hall–Kier alpha value is -3.09. The van der Waals surface area contributed by atoms with E-state index in [1.165, 1.54) is 32.1 Å². The van der Waals surface area contributed by atoms with Crippen LogP contribution in [-0.2, 0) is 24.7 Å². The second-order valence-corrected chi connectivity index (χ2v) is 10.6. The van der Waals surface area contributed by atoms with Gasteiger partial charge in [0.15, 0.2) is 0 Å². The summed E-state index contributed by atoms with van der Waals surface area (Å²) in [5.41, 5.74) is 6.80. The van der Waals surface area contributed by atoms with Crippen molar-refractivity contribution >= 4 is 0 Å². The first-order chi connectivity index (χ1) is 16.5. The van der Waals surface area contributed by atoms with E-state index in [0.29, 0.717) is 23.0 Å². The van der Waals surface area contributed by atoms with Gasteiger partial charge in [0.2, 0.25) is 0 Å². The lowest BCUT2D eigenvalue weighted by Gasteiger charge is -2.54. The zero-order chi connectivity index (χ0) is 24.2. The fourth-order valence-corrected chi connectivity index (χ4v) is 6.76. The van der Waals surface area contributed by atoms with Gasteiger partial charge in [-0.25, -0.2) is 0 Å². The summed E-state index contributed by atoms with van der Waals surface area (Å²) in [5, 5.41) is 29.7. The first kappa shape index (κ1) is 24.0. The van der Waals surface area contributed by atoms with Crippen LogP contribution >= 0.6 is 0 Å². The van der Waals surface area contributed by atoms with Crippen LogP contribution in [-0.4, -0.2) is 0 Å². The maximum Gasteiger partial charge on any atom is 0.101 e. The molecule has 0 unspecified atom stereocenters. The van der Waals surface area contributed by atoms with E-state index in [0.717, 1.165) is 66.3 Å². The average Bonchev–Trinajstić information content (AvgIpc) is 2.88. The Bertz CT molecular complexity index is 1160. The normalized spacial score (nSPS) is 23.1. The zero-order valence-corrected chi connectivity index (χ0v) is 20.7. The van der Waals surface area contributed by atoms with Gasteiger partial charge in [-0.2, -0.15) is 15.8 Å². The molecule has 0 heterocycles. The molecule has 0 atom stereocenters. The van der Waals surface area contributed by atoms with E-state index in [9.17, 15) is 15.8 Å². The largest absolute Gasteiger partial charge is 0.192 e. The van der Waals surface area contributed by atoms with Gasteiger partial charge >= 0.3 is 0 Å². The Morgan fingerprint density at radius 2 is 1.38 bits per heavy atom. The highest BCUT2D eigenvalue weighted by Gasteiger charge is 2.49. The molecule has 0 aromatic heterocycles. The van der Waals surface area contributed by atoms with Crippen molar-refractivity contribution in [1.82, 2.24) is 0 Å². The number of nitriles is 3. The Morgan fingerprint density at radius 3 is 1.97 bits per heavy atom. The van der Waals surface area contributed by atoms with Gasteiger partial charge in [-0.3, -0.25) is 0 Å². The molecule has 2 aromatic rings. The maximum atomic E-state index is 10.1. The van der Waals surface area contributed by atoms with Gasteiger partial charge in [-0.15, -0.1) is 0 Å². The van der Waals surface area contributed by atoms with Crippen LogP contribution in [0.15, 0.2) is 30.3 Å². The fraction of sp³-hybridized carbons (Fsp3) is 0.516. The molecule has 3 aliphatic rings. The predicted molar refractivity (Wildman–Crippen MR) is 135 cm³/mol. The molecule has 3 saturated carbocycles. The molecule has 3 nitrogen and oxygen atoms in total. The van der Waals surface area contributed by atoms with Gasteiger partial charge in [-0.05, 0) is 103 Å². The second kappa shape index (κ2) is 10.0. The summed E-state index contributed by atoms with van der Waals surface area (Å²) >= 11 is 0. The lowest BCUT2D eigenvalue weighted by molar-refractivity contribution is 0.0319. The first-order valence-corrected chi connectivity index (χ1v) is 13.0. The molecule has 0 radical (unpaired) electrons. The van der Waals surface area contributed by atoms with E-state index in [-0.39, 0.29) is 5.41 Å². The molecule has 0 aliphatic heterocycles. The Morgan fingerprint density at radius 1 is 0.706 bits per heavy atom. The molecule has 0 amide bonds. The monoisotopic (exact) mass is 449 g/mol. The minimum atomic E-state index is 0.0709. The molecule has 2 bridgehead atoms. The molecule has 0 N–H and O–H groups in total. The van der Waals surface area contributed by atoms with E-state index in [2.05, 4.69) is 56.3 Å². The van der Waals surface area contributed by atoms with Crippen molar-refractivity contribution in [3.05, 3.63) is 69.3 Å². The second-order valence-electron chi connectivity index (χ2n) is 10.6. The van der Waals surface area contributed by atoms with E-state index < -0.39 is 0 Å². The molecule has 3 heteroatoms. The van der Waals surface area contributed by atoms with Crippen LogP contribution in [0.4, 0.5) is 0 Å². The van der Waals surface area contributed by atoms with Crippen LogP contribution < -0.4 is 0 Å².